The summed E-state index contributed by atoms with van der Waals surface area (Å²) in [5.74, 6) is 0.0133. The Hall–Kier alpha value is -3.69. The normalized spacial score (nSPS) is 19.6. The molecule has 0 aromatic heterocycles. The first-order valence-electron chi connectivity index (χ1n) is 13.2. The molecular weight excluding hydrogens is 528 g/mol. The number of benzene rings is 3. The monoisotopic (exact) mass is 564 g/mol. The van der Waals surface area contributed by atoms with Crippen LogP contribution in [0.15, 0.2) is 83.8 Å². The van der Waals surface area contributed by atoms with Crippen LogP contribution in [0.5, 0.6) is 5.75 Å². The van der Waals surface area contributed by atoms with Crippen molar-refractivity contribution in [2.75, 3.05) is 14.2 Å². The highest BCUT2D eigenvalue weighted by molar-refractivity contribution is 7.89. The predicted molar refractivity (Wildman–Crippen MR) is 153 cm³/mol. The first-order chi connectivity index (χ1) is 19.1. The number of rotatable bonds is 10. The number of hydrogen-bond donors (Lipinski definition) is 1. The number of sulfonamides is 1. The molecule has 3 aromatic carbocycles. The van der Waals surface area contributed by atoms with Crippen LogP contribution in [0.3, 0.4) is 0 Å². The molecule has 212 valence electrons. The number of hydrogen-bond acceptors (Lipinski definition) is 6. The second-order valence-electron chi connectivity index (χ2n) is 10.5. The number of amides is 1. The Balaban J connectivity index is 1.53. The molecule has 1 N–H and O–H groups in total. The van der Waals surface area contributed by atoms with Crippen molar-refractivity contribution in [2.24, 2.45) is 5.41 Å². The van der Waals surface area contributed by atoms with Crippen LogP contribution in [0.2, 0.25) is 0 Å². The summed E-state index contributed by atoms with van der Waals surface area (Å²) in [5, 5.41) is 0. The van der Waals surface area contributed by atoms with E-state index in [0.29, 0.717) is 25.8 Å². The highest BCUT2D eigenvalue weighted by Gasteiger charge is 2.48. The first kappa shape index (κ1) is 29.3. The van der Waals surface area contributed by atoms with Gasteiger partial charge in [0.25, 0.3) is 0 Å². The van der Waals surface area contributed by atoms with Crippen LogP contribution in [-0.2, 0) is 30.9 Å². The van der Waals surface area contributed by atoms with E-state index >= 15 is 0 Å². The standard InChI is InChI=1S/C31H36N2O6S/c1-22(34)33(21-23-8-6-5-7-9-23)26-18-19-31(2,20-26)29(30(35)39-4)32-40(36,37)28-16-12-25(13-17-28)24-10-14-27(38-3)15-11-24/h5-17,26,29,32H,18-21H2,1-4H3. The number of methoxy groups -OCH3 is 2. The lowest BCUT2D eigenvalue weighted by molar-refractivity contribution is -0.146. The molecule has 0 heterocycles. The van der Waals surface area contributed by atoms with E-state index in [-0.39, 0.29) is 16.8 Å². The molecule has 1 amide bonds. The third-order valence-electron chi connectivity index (χ3n) is 7.79. The van der Waals surface area contributed by atoms with Crippen molar-refractivity contribution in [3.63, 3.8) is 0 Å². The zero-order valence-corrected chi connectivity index (χ0v) is 24.1. The van der Waals surface area contributed by atoms with Crippen molar-refractivity contribution in [1.29, 1.82) is 0 Å². The molecule has 3 unspecified atom stereocenters. The topological polar surface area (TPSA) is 102 Å². The quantitative estimate of drug-likeness (QED) is 0.356. The Morgan fingerprint density at radius 2 is 1.57 bits per heavy atom. The summed E-state index contributed by atoms with van der Waals surface area (Å²) < 4.78 is 39.8. The third-order valence-corrected chi connectivity index (χ3v) is 9.23. The number of ether oxygens (including phenoxy) is 2. The summed E-state index contributed by atoms with van der Waals surface area (Å²) in [7, 11) is -1.21. The average Bonchev–Trinajstić information content (AvgIpc) is 3.37. The fraction of sp³-hybridized carbons (Fsp3) is 0.355. The fourth-order valence-electron chi connectivity index (χ4n) is 5.47. The second-order valence-corrected chi connectivity index (χ2v) is 12.2. The SMILES string of the molecule is COC(=O)C(NS(=O)(=O)c1ccc(-c2ccc(OC)cc2)cc1)C1(C)CCC(N(Cc2ccccc2)C(C)=O)C1. The highest BCUT2D eigenvalue weighted by Crippen LogP contribution is 2.44. The number of nitrogens with one attached hydrogen (secondary N) is 1. The van der Waals surface area contributed by atoms with Gasteiger partial charge in [0.05, 0.1) is 19.1 Å². The van der Waals surface area contributed by atoms with Crippen molar-refractivity contribution in [3.8, 4) is 16.9 Å². The molecule has 0 saturated heterocycles. The van der Waals surface area contributed by atoms with Gasteiger partial charge in [-0.2, -0.15) is 4.72 Å². The molecule has 8 nitrogen and oxygen atoms in total. The van der Waals surface area contributed by atoms with Gasteiger partial charge in [0.1, 0.15) is 11.8 Å². The molecule has 3 aromatic rings. The Morgan fingerprint density at radius 1 is 0.975 bits per heavy atom. The molecule has 0 radical (unpaired) electrons. The minimum absolute atomic E-state index is 0.0475. The Bertz CT molecular complexity index is 1420. The predicted octanol–water partition coefficient (Wildman–Crippen LogP) is 4.79. The summed E-state index contributed by atoms with van der Waals surface area (Å²) in [6.45, 7) is 3.87. The summed E-state index contributed by atoms with van der Waals surface area (Å²) in [6, 6.07) is 22.4. The lowest BCUT2D eigenvalue weighted by Crippen LogP contribution is -2.51. The Kier molecular flexibility index (Phi) is 8.95. The maximum absolute atomic E-state index is 13.5. The molecule has 0 bridgehead atoms. The Labute approximate surface area is 236 Å². The van der Waals surface area contributed by atoms with Crippen LogP contribution >= 0.6 is 0 Å². The van der Waals surface area contributed by atoms with E-state index in [0.717, 1.165) is 22.4 Å². The van der Waals surface area contributed by atoms with Gasteiger partial charge in [-0.1, -0.05) is 61.5 Å². The molecule has 0 spiro atoms. The molecule has 1 aliphatic carbocycles. The van der Waals surface area contributed by atoms with Crippen LogP contribution in [-0.4, -0.2) is 51.5 Å². The van der Waals surface area contributed by atoms with Crippen LogP contribution in [0.1, 0.15) is 38.7 Å². The molecule has 1 aliphatic rings. The van der Waals surface area contributed by atoms with Gasteiger partial charge in [0.15, 0.2) is 0 Å². The van der Waals surface area contributed by atoms with Crippen molar-refractivity contribution >= 4 is 21.9 Å². The van der Waals surface area contributed by atoms with Gasteiger partial charge in [0.2, 0.25) is 15.9 Å². The summed E-state index contributed by atoms with van der Waals surface area (Å²) in [5.41, 5.74) is 2.02. The van der Waals surface area contributed by atoms with Gasteiger partial charge in [0, 0.05) is 19.5 Å². The molecular formula is C31H36N2O6S. The molecule has 40 heavy (non-hydrogen) atoms. The van der Waals surface area contributed by atoms with Gasteiger partial charge in [-0.3, -0.25) is 9.59 Å². The summed E-state index contributed by atoms with van der Waals surface area (Å²) in [4.78, 5) is 27.4. The largest absolute Gasteiger partial charge is 0.497 e. The summed E-state index contributed by atoms with van der Waals surface area (Å²) in [6.07, 6.45) is 1.65. The van der Waals surface area contributed by atoms with Crippen LogP contribution in [0.25, 0.3) is 11.1 Å². The fourth-order valence-corrected chi connectivity index (χ4v) is 6.79. The lowest BCUT2D eigenvalue weighted by atomic mass is 9.80. The molecule has 4 rings (SSSR count). The molecule has 3 atom stereocenters. The minimum atomic E-state index is -4.05. The molecule has 1 saturated carbocycles. The lowest BCUT2D eigenvalue weighted by Gasteiger charge is -2.34. The van der Waals surface area contributed by atoms with E-state index < -0.39 is 27.4 Å². The van der Waals surface area contributed by atoms with E-state index in [1.165, 1.54) is 26.2 Å². The molecule has 0 aliphatic heterocycles. The maximum Gasteiger partial charge on any atom is 0.324 e. The second kappa shape index (κ2) is 12.2. The smallest absolute Gasteiger partial charge is 0.324 e. The van der Waals surface area contributed by atoms with Crippen LogP contribution < -0.4 is 9.46 Å². The van der Waals surface area contributed by atoms with Gasteiger partial charge in [-0.05, 0) is 65.6 Å². The van der Waals surface area contributed by atoms with E-state index in [1.54, 1.807) is 24.1 Å². The van der Waals surface area contributed by atoms with Crippen molar-refractivity contribution < 1.29 is 27.5 Å². The number of esters is 1. The van der Waals surface area contributed by atoms with Gasteiger partial charge < -0.3 is 14.4 Å². The van der Waals surface area contributed by atoms with E-state index in [4.69, 9.17) is 9.47 Å². The van der Waals surface area contributed by atoms with E-state index in [9.17, 15) is 18.0 Å². The number of nitrogens with zero attached hydrogens (tertiary/aromatic N) is 1. The van der Waals surface area contributed by atoms with Crippen LogP contribution in [0.4, 0.5) is 0 Å². The number of carbonyl (C=O) groups is 2. The first-order valence-corrected chi connectivity index (χ1v) is 14.7. The molecule has 1 fully saturated rings. The highest BCUT2D eigenvalue weighted by atomic mass is 32.2. The average molecular weight is 565 g/mol. The van der Waals surface area contributed by atoms with Gasteiger partial charge >= 0.3 is 5.97 Å². The maximum atomic E-state index is 13.5. The zero-order chi connectivity index (χ0) is 28.9. The third kappa shape index (κ3) is 6.54. The molecule has 9 heteroatoms. The van der Waals surface area contributed by atoms with E-state index in [2.05, 4.69) is 4.72 Å². The zero-order valence-electron chi connectivity index (χ0n) is 23.3. The van der Waals surface area contributed by atoms with Crippen LogP contribution in [0, 0.1) is 5.41 Å². The van der Waals surface area contributed by atoms with Crippen molar-refractivity contribution in [3.05, 3.63) is 84.4 Å². The van der Waals surface area contributed by atoms with Gasteiger partial charge in [-0.15, -0.1) is 0 Å². The van der Waals surface area contributed by atoms with Crippen molar-refractivity contribution in [1.82, 2.24) is 9.62 Å². The van der Waals surface area contributed by atoms with Gasteiger partial charge in [-0.25, -0.2) is 8.42 Å². The summed E-state index contributed by atoms with van der Waals surface area (Å²) >= 11 is 0. The number of carbonyl (C=O) groups excluding carboxylic acids is 2. The van der Waals surface area contributed by atoms with Crippen molar-refractivity contribution in [2.45, 2.75) is 56.6 Å². The van der Waals surface area contributed by atoms with E-state index in [1.807, 2.05) is 61.5 Å². The minimum Gasteiger partial charge on any atom is -0.497 e. The Morgan fingerprint density at radius 3 is 2.12 bits per heavy atom.